The van der Waals surface area contributed by atoms with Crippen LogP contribution in [0.4, 0.5) is 0 Å². The molecule has 0 aliphatic carbocycles. The zero-order chi connectivity index (χ0) is 19.4. The summed E-state index contributed by atoms with van der Waals surface area (Å²) in [6, 6.07) is 7.29. The Morgan fingerprint density at radius 3 is 2.56 bits per heavy atom. The zero-order valence-corrected chi connectivity index (χ0v) is 15.2. The molecule has 0 unspecified atom stereocenters. The van der Waals surface area contributed by atoms with E-state index in [2.05, 4.69) is 10.6 Å². The van der Waals surface area contributed by atoms with Gasteiger partial charge in [-0.15, -0.1) is 0 Å². The second kappa shape index (κ2) is 7.70. The highest BCUT2D eigenvalue weighted by molar-refractivity contribution is 7.91. The molecule has 10 heteroatoms. The average molecular weight is 394 g/mol. The predicted octanol–water partition coefficient (Wildman–Crippen LogP) is 0.776. The van der Waals surface area contributed by atoms with Gasteiger partial charge >= 0.3 is 11.8 Å². The van der Waals surface area contributed by atoms with Gasteiger partial charge in [-0.25, -0.2) is 8.42 Å². The summed E-state index contributed by atoms with van der Waals surface area (Å²) in [6.45, 7) is 1.63. The molecule has 0 saturated heterocycles. The van der Waals surface area contributed by atoms with Crippen LogP contribution in [-0.4, -0.2) is 40.1 Å². The minimum Gasteiger partial charge on any atom is -0.468 e. The van der Waals surface area contributed by atoms with Crippen molar-refractivity contribution in [1.29, 1.82) is 0 Å². The summed E-state index contributed by atoms with van der Waals surface area (Å²) in [7, 11) is -3.95. The molecule has 2 heterocycles. The fourth-order valence-electron chi connectivity index (χ4n) is 2.56. The van der Waals surface area contributed by atoms with Gasteiger partial charge in [0, 0.05) is 19.2 Å². The summed E-state index contributed by atoms with van der Waals surface area (Å²) in [5, 5.41) is 3.47. The van der Waals surface area contributed by atoms with Crippen LogP contribution in [0.5, 0.6) is 11.5 Å². The van der Waals surface area contributed by atoms with Crippen molar-refractivity contribution in [3.05, 3.63) is 42.4 Å². The molecule has 1 aromatic heterocycles. The highest BCUT2D eigenvalue weighted by Gasteiger charge is 2.33. The van der Waals surface area contributed by atoms with E-state index in [1.807, 2.05) is 0 Å². The second-order valence-corrected chi connectivity index (χ2v) is 7.76. The lowest BCUT2D eigenvalue weighted by Gasteiger charge is -2.16. The molecule has 2 amide bonds. The zero-order valence-electron chi connectivity index (χ0n) is 14.4. The van der Waals surface area contributed by atoms with Crippen LogP contribution in [0.1, 0.15) is 17.9 Å². The molecule has 1 atom stereocenters. The maximum atomic E-state index is 13.1. The first-order valence-corrected chi connectivity index (χ1v) is 9.71. The third-order valence-corrected chi connectivity index (χ3v) is 5.96. The lowest BCUT2D eigenvalue weighted by atomic mass is 10.3. The van der Waals surface area contributed by atoms with E-state index in [0.717, 1.165) is 0 Å². The number of hydrogen-bond acceptors (Lipinski definition) is 7. The van der Waals surface area contributed by atoms with Gasteiger partial charge < -0.3 is 24.5 Å². The third kappa shape index (κ3) is 3.90. The highest BCUT2D eigenvalue weighted by Crippen LogP contribution is 2.37. The van der Waals surface area contributed by atoms with Crippen molar-refractivity contribution in [3.8, 4) is 11.5 Å². The number of hydrogen-bond donors (Lipinski definition) is 2. The summed E-state index contributed by atoms with van der Waals surface area (Å²) < 4.78 is 41.9. The first-order valence-electron chi connectivity index (χ1n) is 8.16. The summed E-state index contributed by atoms with van der Waals surface area (Å²) in [4.78, 5) is 23.4. The summed E-state index contributed by atoms with van der Waals surface area (Å²) in [6.07, 6.45) is 1.34. The van der Waals surface area contributed by atoms with Crippen LogP contribution in [0.15, 0.2) is 45.9 Å². The maximum absolute atomic E-state index is 13.1. The molecule has 0 radical (unpaired) electrons. The van der Waals surface area contributed by atoms with Crippen LogP contribution in [0.25, 0.3) is 0 Å². The number of nitrogens with one attached hydrogen (secondary N) is 2. The first-order chi connectivity index (χ1) is 12.9. The van der Waals surface area contributed by atoms with E-state index in [1.165, 1.54) is 30.5 Å². The SMILES string of the molecule is CCNC(=O)C(=O)NC[C@@H](c1ccco1)S(=O)(=O)c1ccc2c(c1)OCO2. The van der Waals surface area contributed by atoms with Gasteiger partial charge in [0.2, 0.25) is 6.79 Å². The van der Waals surface area contributed by atoms with Crippen molar-refractivity contribution in [2.24, 2.45) is 0 Å². The number of ether oxygens (including phenoxy) is 2. The first kappa shape index (κ1) is 18.8. The van der Waals surface area contributed by atoms with E-state index in [9.17, 15) is 18.0 Å². The van der Waals surface area contributed by atoms with Crippen LogP contribution >= 0.6 is 0 Å². The summed E-state index contributed by atoms with van der Waals surface area (Å²) in [5.74, 6) is -0.844. The van der Waals surface area contributed by atoms with Gasteiger partial charge in [0.1, 0.15) is 11.0 Å². The monoisotopic (exact) mass is 394 g/mol. The number of furan rings is 1. The van der Waals surface area contributed by atoms with E-state index in [4.69, 9.17) is 13.9 Å². The lowest BCUT2D eigenvalue weighted by molar-refractivity contribution is -0.139. The Morgan fingerprint density at radius 2 is 1.85 bits per heavy atom. The molecule has 1 aromatic carbocycles. The van der Waals surface area contributed by atoms with Crippen LogP contribution in [0, 0.1) is 0 Å². The number of amides is 2. The number of rotatable bonds is 6. The minimum atomic E-state index is -3.95. The molecule has 3 rings (SSSR count). The molecule has 0 bridgehead atoms. The Morgan fingerprint density at radius 1 is 1.11 bits per heavy atom. The van der Waals surface area contributed by atoms with Crippen molar-refractivity contribution in [3.63, 3.8) is 0 Å². The molecule has 0 saturated carbocycles. The molecule has 9 nitrogen and oxygen atoms in total. The smallest absolute Gasteiger partial charge is 0.309 e. The molecule has 144 valence electrons. The van der Waals surface area contributed by atoms with Crippen molar-refractivity contribution in [2.45, 2.75) is 17.1 Å². The Hall–Kier alpha value is -3.01. The van der Waals surface area contributed by atoms with E-state index in [0.29, 0.717) is 11.5 Å². The number of carbonyl (C=O) groups excluding carboxylic acids is 2. The Bertz CT molecular complexity index is 938. The standard InChI is InChI=1S/C17H18N2O7S/c1-2-18-16(20)17(21)19-9-15(13-4-3-7-24-13)27(22,23)11-5-6-12-14(8-11)26-10-25-12/h3-8,15H,2,9-10H2,1H3,(H,18,20)(H,19,21)/t15-/m0/s1. The molecule has 0 spiro atoms. The Labute approximate surface area is 155 Å². The number of likely N-dealkylation sites (N-methyl/N-ethyl adjacent to an activating group) is 1. The largest absolute Gasteiger partial charge is 0.468 e. The summed E-state index contributed by atoms with van der Waals surface area (Å²) >= 11 is 0. The van der Waals surface area contributed by atoms with Crippen molar-refractivity contribution < 1.29 is 31.9 Å². The van der Waals surface area contributed by atoms with Crippen LogP contribution in [0.3, 0.4) is 0 Å². The molecule has 2 aromatic rings. The predicted molar refractivity (Wildman–Crippen MR) is 92.9 cm³/mol. The second-order valence-electron chi connectivity index (χ2n) is 5.63. The van der Waals surface area contributed by atoms with Gasteiger partial charge in [0.15, 0.2) is 21.3 Å². The number of sulfone groups is 1. The molecular weight excluding hydrogens is 376 g/mol. The number of carbonyl (C=O) groups is 2. The molecular formula is C17H18N2O7S. The number of benzene rings is 1. The number of fused-ring (bicyclic) bond motifs is 1. The van der Waals surface area contributed by atoms with Gasteiger partial charge in [-0.3, -0.25) is 9.59 Å². The normalized spacial score (nSPS) is 13.8. The average Bonchev–Trinajstić information content (AvgIpc) is 3.32. The van der Waals surface area contributed by atoms with Gasteiger partial charge in [-0.2, -0.15) is 0 Å². The molecule has 27 heavy (non-hydrogen) atoms. The lowest BCUT2D eigenvalue weighted by Crippen LogP contribution is -2.42. The van der Waals surface area contributed by atoms with Gasteiger partial charge in [-0.05, 0) is 31.2 Å². The highest BCUT2D eigenvalue weighted by atomic mass is 32.2. The maximum Gasteiger partial charge on any atom is 0.309 e. The van der Waals surface area contributed by atoms with E-state index in [-0.39, 0.29) is 30.5 Å². The van der Waals surface area contributed by atoms with Crippen molar-refractivity contribution in [2.75, 3.05) is 19.9 Å². The van der Waals surface area contributed by atoms with Crippen molar-refractivity contribution >= 4 is 21.7 Å². The van der Waals surface area contributed by atoms with E-state index < -0.39 is 26.9 Å². The molecule has 1 aliphatic rings. The fraction of sp³-hybridized carbons (Fsp3) is 0.294. The Balaban J connectivity index is 1.86. The van der Waals surface area contributed by atoms with Gasteiger partial charge in [0.05, 0.1) is 11.2 Å². The van der Waals surface area contributed by atoms with Gasteiger partial charge in [0.25, 0.3) is 0 Å². The van der Waals surface area contributed by atoms with Crippen LogP contribution < -0.4 is 20.1 Å². The third-order valence-electron chi connectivity index (χ3n) is 3.90. The van der Waals surface area contributed by atoms with Crippen LogP contribution in [-0.2, 0) is 19.4 Å². The fourth-order valence-corrected chi connectivity index (χ4v) is 4.16. The Kier molecular flexibility index (Phi) is 5.36. The minimum absolute atomic E-state index is 0.0135. The molecule has 2 N–H and O–H groups in total. The molecule has 0 fully saturated rings. The van der Waals surface area contributed by atoms with E-state index >= 15 is 0 Å². The van der Waals surface area contributed by atoms with Gasteiger partial charge in [-0.1, -0.05) is 0 Å². The van der Waals surface area contributed by atoms with Crippen molar-refractivity contribution in [1.82, 2.24) is 10.6 Å². The topological polar surface area (TPSA) is 124 Å². The van der Waals surface area contributed by atoms with Crippen LogP contribution in [0.2, 0.25) is 0 Å². The quantitative estimate of drug-likeness (QED) is 0.694. The summed E-state index contributed by atoms with van der Waals surface area (Å²) in [5.41, 5.74) is 0. The molecule has 1 aliphatic heterocycles. The van der Waals surface area contributed by atoms with E-state index in [1.54, 1.807) is 13.0 Å².